The first-order chi connectivity index (χ1) is 15.1. The fourth-order valence-electron chi connectivity index (χ4n) is 3.31. The summed E-state index contributed by atoms with van der Waals surface area (Å²) in [5.74, 6) is 0.335. The summed E-state index contributed by atoms with van der Waals surface area (Å²) in [6, 6.07) is 8.39. The monoisotopic (exact) mass is 437 g/mol. The zero-order valence-corrected chi connectivity index (χ0v) is 17.2. The van der Waals surface area contributed by atoms with Crippen molar-refractivity contribution in [2.24, 2.45) is 0 Å². The number of nitrogens with one attached hydrogen (secondary N) is 3. The third-order valence-corrected chi connectivity index (χ3v) is 6.04. The predicted octanol–water partition coefficient (Wildman–Crippen LogP) is 1.11. The van der Waals surface area contributed by atoms with Crippen LogP contribution < -0.4 is 16.0 Å². The second-order valence-corrected chi connectivity index (χ2v) is 8.36. The van der Waals surface area contributed by atoms with E-state index in [0.717, 1.165) is 29.7 Å². The summed E-state index contributed by atoms with van der Waals surface area (Å²) in [5, 5.41) is 13.2. The summed E-state index contributed by atoms with van der Waals surface area (Å²) in [7, 11) is 0. The Morgan fingerprint density at radius 2 is 2.00 bits per heavy atom. The van der Waals surface area contributed by atoms with Crippen molar-refractivity contribution in [2.75, 3.05) is 12.3 Å². The summed E-state index contributed by atoms with van der Waals surface area (Å²) in [6.07, 6.45) is 3.82. The number of hydrogen-bond acceptors (Lipinski definition) is 7. The Morgan fingerprint density at radius 3 is 2.74 bits per heavy atom. The molecular formula is C20H19N7O3S. The number of carbonyl (C=O) groups excluding carboxylic acids is 3. The van der Waals surface area contributed by atoms with Crippen LogP contribution in [0.5, 0.6) is 0 Å². The van der Waals surface area contributed by atoms with Gasteiger partial charge in [-0.05, 0) is 25.0 Å². The van der Waals surface area contributed by atoms with E-state index in [1.807, 2.05) is 30.3 Å². The van der Waals surface area contributed by atoms with E-state index in [9.17, 15) is 14.4 Å². The van der Waals surface area contributed by atoms with Crippen molar-refractivity contribution in [1.29, 1.82) is 0 Å². The van der Waals surface area contributed by atoms with Gasteiger partial charge in [-0.3, -0.25) is 14.9 Å². The van der Waals surface area contributed by atoms with Crippen molar-refractivity contribution in [1.82, 2.24) is 35.7 Å². The number of benzene rings is 1. The van der Waals surface area contributed by atoms with Crippen LogP contribution in [0.4, 0.5) is 4.79 Å². The molecule has 158 valence electrons. The Bertz CT molecular complexity index is 1180. The molecule has 1 saturated carbocycles. The second-order valence-electron chi connectivity index (χ2n) is 7.40. The fourth-order valence-corrected chi connectivity index (χ4v) is 4.12. The molecule has 1 atom stereocenters. The molecule has 10 nitrogen and oxygen atoms in total. The number of imide groups is 1. The number of fused-ring (bicyclic) bond motifs is 1. The Balaban J connectivity index is 1.37. The molecule has 2 aromatic heterocycles. The quantitative estimate of drug-likeness (QED) is 0.389. The molecule has 3 N–H and O–H groups in total. The van der Waals surface area contributed by atoms with Crippen molar-refractivity contribution in [3.63, 3.8) is 0 Å². The van der Waals surface area contributed by atoms with Gasteiger partial charge in [0, 0.05) is 12.5 Å². The van der Waals surface area contributed by atoms with E-state index in [4.69, 9.17) is 9.97 Å². The minimum atomic E-state index is -0.793. The van der Waals surface area contributed by atoms with Gasteiger partial charge in [-0.1, -0.05) is 30.0 Å². The summed E-state index contributed by atoms with van der Waals surface area (Å²) in [5.41, 5.74) is 1.61. The van der Waals surface area contributed by atoms with Crippen molar-refractivity contribution in [3.8, 4) is 5.69 Å². The SMILES string of the molecule is O=C(CSc1nc(C2CC2)nc2c1cnn2-c1ccccc1)NC1CNC(=O)NC1=O. The molecule has 11 heteroatoms. The van der Waals surface area contributed by atoms with Crippen LogP contribution in [0.15, 0.2) is 41.6 Å². The first kappa shape index (κ1) is 19.5. The van der Waals surface area contributed by atoms with Crippen LogP contribution in [-0.2, 0) is 9.59 Å². The van der Waals surface area contributed by atoms with Gasteiger partial charge in [-0.15, -0.1) is 0 Å². The van der Waals surface area contributed by atoms with Crippen molar-refractivity contribution in [2.45, 2.75) is 29.8 Å². The molecule has 1 aromatic carbocycles. The molecule has 0 radical (unpaired) electrons. The highest BCUT2D eigenvalue weighted by Gasteiger charge is 2.30. The number of hydrogen-bond donors (Lipinski definition) is 3. The number of amides is 4. The van der Waals surface area contributed by atoms with E-state index in [-0.39, 0.29) is 18.2 Å². The second kappa shape index (κ2) is 7.99. The van der Waals surface area contributed by atoms with Crippen molar-refractivity contribution < 1.29 is 14.4 Å². The molecule has 2 aliphatic rings. The van der Waals surface area contributed by atoms with E-state index < -0.39 is 18.0 Å². The maximum absolute atomic E-state index is 12.4. The Morgan fingerprint density at radius 1 is 1.19 bits per heavy atom. The number of urea groups is 1. The Hall–Kier alpha value is -3.47. The zero-order valence-electron chi connectivity index (χ0n) is 16.4. The summed E-state index contributed by atoms with van der Waals surface area (Å²) in [6.45, 7) is 0.0640. The predicted molar refractivity (Wildman–Crippen MR) is 113 cm³/mol. The number of para-hydroxylation sites is 1. The molecular weight excluding hydrogens is 418 g/mol. The number of nitrogens with zero attached hydrogens (tertiary/aromatic N) is 4. The van der Waals surface area contributed by atoms with Crippen LogP contribution in [0.1, 0.15) is 24.6 Å². The van der Waals surface area contributed by atoms with E-state index in [0.29, 0.717) is 16.6 Å². The minimum Gasteiger partial charge on any atom is -0.342 e. The molecule has 1 saturated heterocycles. The van der Waals surface area contributed by atoms with E-state index in [1.54, 1.807) is 10.9 Å². The first-order valence-corrected chi connectivity index (χ1v) is 10.9. The van der Waals surface area contributed by atoms with Crippen LogP contribution >= 0.6 is 11.8 Å². The van der Waals surface area contributed by atoms with Crippen molar-refractivity contribution in [3.05, 3.63) is 42.4 Å². The van der Waals surface area contributed by atoms with Crippen LogP contribution in [0.2, 0.25) is 0 Å². The standard InChI is InChI=1S/C20H19N7O3S/c28-15(23-14-9-21-20(30)26-18(14)29)10-31-19-13-8-22-27(12-4-2-1-3-5-12)17(13)24-16(25-19)11-6-7-11/h1-5,8,11,14H,6-7,9-10H2,(H,23,28)(H2,21,26,29,30). The first-order valence-electron chi connectivity index (χ1n) is 9.90. The lowest BCUT2D eigenvalue weighted by Crippen LogP contribution is -2.61. The van der Waals surface area contributed by atoms with Gasteiger partial charge >= 0.3 is 6.03 Å². The molecule has 3 aromatic rings. The normalized spacial score (nSPS) is 18.5. The highest BCUT2D eigenvalue weighted by Crippen LogP contribution is 2.40. The maximum Gasteiger partial charge on any atom is 0.321 e. The summed E-state index contributed by atoms with van der Waals surface area (Å²) in [4.78, 5) is 44.8. The Labute approximate surface area is 181 Å². The topological polar surface area (TPSA) is 131 Å². The van der Waals surface area contributed by atoms with E-state index >= 15 is 0 Å². The number of thioether (sulfide) groups is 1. The third kappa shape index (κ3) is 4.08. The highest BCUT2D eigenvalue weighted by molar-refractivity contribution is 8.00. The molecule has 31 heavy (non-hydrogen) atoms. The van der Waals surface area contributed by atoms with Gasteiger partial charge in [0.1, 0.15) is 16.9 Å². The van der Waals surface area contributed by atoms with Gasteiger partial charge in [0.15, 0.2) is 5.65 Å². The molecule has 1 unspecified atom stereocenters. The largest absolute Gasteiger partial charge is 0.342 e. The maximum atomic E-state index is 12.4. The lowest BCUT2D eigenvalue weighted by Gasteiger charge is -2.22. The van der Waals surface area contributed by atoms with Gasteiger partial charge in [-0.2, -0.15) is 5.10 Å². The molecule has 1 aliphatic carbocycles. The molecule has 4 amide bonds. The van der Waals surface area contributed by atoms with Crippen LogP contribution in [0, 0.1) is 0 Å². The molecule has 1 aliphatic heterocycles. The average Bonchev–Trinajstić information content (AvgIpc) is 3.54. The molecule has 3 heterocycles. The molecule has 0 bridgehead atoms. The van der Waals surface area contributed by atoms with Gasteiger partial charge in [0.2, 0.25) is 5.91 Å². The number of rotatable bonds is 6. The fraction of sp³-hybridized carbons (Fsp3) is 0.300. The minimum absolute atomic E-state index is 0.0640. The van der Waals surface area contributed by atoms with Gasteiger partial charge in [0.05, 0.1) is 23.0 Å². The Kier molecular flexibility index (Phi) is 5.02. The van der Waals surface area contributed by atoms with Crippen LogP contribution in [-0.4, -0.2) is 55.9 Å². The highest BCUT2D eigenvalue weighted by atomic mass is 32.2. The summed E-state index contributed by atoms with van der Waals surface area (Å²) < 4.78 is 1.78. The van der Waals surface area contributed by atoms with E-state index in [1.165, 1.54) is 11.8 Å². The van der Waals surface area contributed by atoms with E-state index in [2.05, 4.69) is 21.0 Å². The number of carbonyl (C=O) groups is 3. The molecule has 2 fully saturated rings. The smallest absolute Gasteiger partial charge is 0.321 e. The van der Waals surface area contributed by atoms with Crippen LogP contribution in [0.3, 0.4) is 0 Å². The van der Waals surface area contributed by atoms with Crippen molar-refractivity contribution >= 4 is 40.6 Å². The lowest BCUT2D eigenvalue weighted by atomic mass is 10.2. The van der Waals surface area contributed by atoms with Crippen LogP contribution in [0.25, 0.3) is 16.7 Å². The molecule has 0 spiro atoms. The van der Waals surface area contributed by atoms with Gasteiger partial charge < -0.3 is 10.6 Å². The van der Waals surface area contributed by atoms with Gasteiger partial charge in [-0.25, -0.2) is 19.4 Å². The molecule has 5 rings (SSSR count). The number of aromatic nitrogens is 4. The average molecular weight is 437 g/mol. The zero-order chi connectivity index (χ0) is 21.4. The lowest BCUT2D eigenvalue weighted by molar-refractivity contribution is -0.127. The third-order valence-electron chi connectivity index (χ3n) is 5.05. The van der Waals surface area contributed by atoms with Gasteiger partial charge in [0.25, 0.3) is 5.91 Å². The summed E-state index contributed by atoms with van der Waals surface area (Å²) >= 11 is 1.28.